The third kappa shape index (κ3) is 6.80. The van der Waals surface area contributed by atoms with E-state index in [1.807, 2.05) is 25.1 Å². The van der Waals surface area contributed by atoms with Gasteiger partial charge in [-0.3, -0.25) is 4.57 Å². The van der Waals surface area contributed by atoms with Gasteiger partial charge in [-0.15, -0.1) is 0 Å². The van der Waals surface area contributed by atoms with Crippen LogP contribution >= 0.6 is 7.37 Å². The molecular formula is C24H44BO5PSi. The standard InChI is InChI=1S/C24H44BO5PSi/c1-9-24(16-17-31(6,26)28-10-2)21(27-18-19-14-12-11-13-15-19)20(22(25)29-24)30-32(7,8)23(3,4)5/h11-15,20-22H,9-10,16-18,25H2,1-8H3/t20-,21?,22+,24-,31?/m0/s1. The summed E-state index contributed by atoms with van der Waals surface area (Å²) in [5, 5.41) is 0.0856. The minimum absolute atomic E-state index is 0.0856. The molecule has 1 aromatic rings. The summed E-state index contributed by atoms with van der Waals surface area (Å²) in [6.07, 6.45) is 1.46. The SMILES string of the molecule is B[C@@H]1O[C@@](CC)(CCP(C)(=O)OCC)C(OCc2ccccc2)[C@@H]1O[Si](C)(C)C(C)(C)C. The monoisotopic (exact) mass is 482 g/mol. The van der Waals surface area contributed by atoms with Crippen LogP contribution in [0.4, 0.5) is 0 Å². The van der Waals surface area contributed by atoms with Crippen LogP contribution in [0.15, 0.2) is 30.3 Å². The van der Waals surface area contributed by atoms with Crippen LogP contribution in [-0.2, 0) is 29.6 Å². The minimum Gasteiger partial charge on any atom is -0.409 e. The molecule has 0 aromatic heterocycles. The third-order valence-corrected chi connectivity index (χ3v) is 13.5. The van der Waals surface area contributed by atoms with Crippen molar-refractivity contribution in [2.75, 3.05) is 19.4 Å². The molecule has 1 aromatic carbocycles. The number of ether oxygens (including phenoxy) is 2. The van der Waals surface area contributed by atoms with Gasteiger partial charge in [0.05, 0.1) is 30.9 Å². The van der Waals surface area contributed by atoms with Crippen molar-refractivity contribution in [3.05, 3.63) is 35.9 Å². The minimum atomic E-state index is -2.68. The third-order valence-electron chi connectivity index (χ3n) is 7.15. The van der Waals surface area contributed by atoms with E-state index in [2.05, 4.69) is 60.8 Å². The van der Waals surface area contributed by atoms with Crippen LogP contribution < -0.4 is 0 Å². The van der Waals surface area contributed by atoms with Crippen LogP contribution in [0.1, 0.15) is 53.0 Å². The van der Waals surface area contributed by atoms with Gasteiger partial charge in [0.2, 0.25) is 0 Å². The molecule has 0 bridgehead atoms. The summed E-state index contributed by atoms with van der Waals surface area (Å²) in [6, 6.07) is 10.1. The second-order valence-corrected chi connectivity index (χ2v) is 18.2. The highest BCUT2D eigenvalue weighted by Gasteiger charge is 2.56. The lowest BCUT2D eigenvalue weighted by Crippen LogP contribution is -2.52. The Hall–Kier alpha value is -0.428. The van der Waals surface area contributed by atoms with Crippen molar-refractivity contribution in [2.45, 2.75) is 96.0 Å². The molecule has 182 valence electrons. The van der Waals surface area contributed by atoms with E-state index in [9.17, 15) is 4.57 Å². The van der Waals surface area contributed by atoms with E-state index >= 15 is 0 Å². The molecule has 1 heterocycles. The van der Waals surface area contributed by atoms with E-state index in [4.69, 9.17) is 18.4 Å². The summed E-state index contributed by atoms with van der Waals surface area (Å²) in [5.41, 5.74) is 0.572. The second kappa shape index (κ2) is 10.9. The zero-order chi connectivity index (χ0) is 24.2. The first kappa shape index (κ1) is 27.8. The van der Waals surface area contributed by atoms with Crippen molar-refractivity contribution < 1.29 is 23.0 Å². The quantitative estimate of drug-likeness (QED) is 0.311. The maximum absolute atomic E-state index is 12.9. The smallest absolute Gasteiger partial charge is 0.200 e. The molecule has 5 nitrogen and oxygen atoms in total. The Labute approximate surface area is 197 Å². The topological polar surface area (TPSA) is 54.0 Å². The Morgan fingerprint density at radius 2 is 1.81 bits per heavy atom. The molecule has 0 radical (unpaired) electrons. The van der Waals surface area contributed by atoms with Gasteiger partial charge in [0.1, 0.15) is 14.0 Å². The van der Waals surface area contributed by atoms with Gasteiger partial charge in [0, 0.05) is 12.8 Å². The van der Waals surface area contributed by atoms with E-state index in [1.54, 1.807) is 6.66 Å². The molecule has 2 unspecified atom stereocenters. The van der Waals surface area contributed by atoms with Crippen molar-refractivity contribution in [3.8, 4) is 0 Å². The van der Waals surface area contributed by atoms with Gasteiger partial charge in [0.25, 0.3) is 0 Å². The Kier molecular flexibility index (Phi) is 9.46. The van der Waals surface area contributed by atoms with Crippen molar-refractivity contribution in [1.29, 1.82) is 0 Å². The summed E-state index contributed by atoms with van der Waals surface area (Å²) in [7, 11) is -2.64. The molecule has 5 atom stereocenters. The second-order valence-electron chi connectivity index (χ2n) is 10.7. The van der Waals surface area contributed by atoms with Gasteiger partial charge in [-0.25, -0.2) is 0 Å². The molecule has 1 saturated heterocycles. The fourth-order valence-electron chi connectivity index (χ4n) is 4.12. The van der Waals surface area contributed by atoms with Crippen molar-refractivity contribution in [1.82, 2.24) is 0 Å². The molecule has 0 amide bonds. The zero-order valence-corrected chi connectivity index (χ0v) is 23.5. The first-order chi connectivity index (χ1) is 14.8. The molecule has 32 heavy (non-hydrogen) atoms. The molecule has 8 heteroatoms. The van der Waals surface area contributed by atoms with Crippen LogP contribution in [-0.4, -0.2) is 59.4 Å². The van der Waals surface area contributed by atoms with Crippen molar-refractivity contribution >= 4 is 23.5 Å². The van der Waals surface area contributed by atoms with E-state index in [0.717, 1.165) is 12.0 Å². The Morgan fingerprint density at radius 1 is 1.19 bits per heavy atom. The van der Waals surface area contributed by atoms with Gasteiger partial charge in [0.15, 0.2) is 15.7 Å². The normalized spacial score (nSPS) is 28.6. The maximum Gasteiger partial charge on any atom is 0.200 e. The van der Waals surface area contributed by atoms with Crippen LogP contribution in [0.3, 0.4) is 0 Å². The average Bonchev–Trinajstić information content (AvgIpc) is 2.96. The highest BCUT2D eigenvalue weighted by molar-refractivity contribution is 7.58. The van der Waals surface area contributed by atoms with Gasteiger partial charge in [-0.05, 0) is 43.5 Å². The van der Waals surface area contributed by atoms with E-state index in [-0.39, 0.29) is 23.2 Å². The van der Waals surface area contributed by atoms with Gasteiger partial charge in [-0.1, -0.05) is 58.0 Å². The van der Waals surface area contributed by atoms with Crippen molar-refractivity contribution in [2.24, 2.45) is 0 Å². The number of rotatable bonds is 11. The molecule has 0 aliphatic carbocycles. The fourth-order valence-corrected chi connectivity index (χ4v) is 6.93. The van der Waals surface area contributed by atoms with E-state index < -0.39 is 21.3 Å². The number of hydrogen-bond donors (Lipinski definition) is 0. The summed E-state index contributed by atoms with van der Waals surface area (Å²) in [6.45, 7) is 18.0. The number of benzene rings is 1. The first-order valence-electron chi connectivity index (χ1n) is 12.0. The average molecular weight is 482 g/mol. The summed E-state index contributed by atoms with van der Waals surface area (Å²) >= 11 is 0. The van der Waals surface area contributed by atoms with Crippen LogP contribution in [0.2, 0.25) is 18.1 Å². The Bertz CT molecular complexity index is 769. The van der Waals surface area contributed by atoms with Gasteiger partial charge < -0.3 is 18.4 Å². The highest BCUT2D eigenvalue weighted by Crippen LogP contribution is 2.49. The fraction of sp³-hybridized carbons (Fsp3) is 0.750. The van der Waals surface area contributed by atoms with Crippen LogP contribution in [0, 0.1) is 0 Å². The Morgan fingerprint density at radius 3 is 2.34 bits per heavy atom. The molecule has 0 N–H and O–H groups in total. The zero-order valence-electron chi connectivity index (χ0n) is 21.6. The summed E-state index contributed by atoms with van der Waals surface area (Å²) in [5.74, 6) is 0. The molecule has 2 rings (SSSR count). The first-order valence-corrected chi connectivity index (χ1v) is 17.2. The van der Waals surface area contributed by atoms with Crippen molar-refractivity contribution in [3.63, 3.8) is 0 Å². The highest BCUT2D eigenvalue weighted by atomic mass is 31.2. The maximum atomic E-state index is 12.9. The molecule has 0 saturated carbocycles. The lowest BCUT2D eigenvalue weighted by molar-refractivity contribution is -0.108. The summed E-state index contributed by atoms with van der Waals surface area (Å²) < 4.78 is 38.6. The van der Waals surface area contributed by atoms with Gasteiger partial charge in [-0.2, -0.15) is 0 Å². The lowest BCUT2D eigenvalue weighted by Gasteiger charge is -2.41. The predicted molar refractivity (Wildman–Crippen MR) is 138 cm³/mol. The molecule has 1 aliphatic heterocycles. The largest absolute Gasteiger partial charge is 0.409 e. The van der Waals surface area contributed by atoms with Crippen LogP contribution in [0.5, 0.6) is 0 Å². The lowest BCUT2D eigenvalue weighted by atomic mass is 9.86. The molecule has 0 spiro atoms. The number of hydrogen-bond acceptors (Lipinski definition) is 5. The molecule has 1 aliphatic rings. The Balaban J connectivity index is 2.34. The van der Waals surface area contributed by atoms with E-state index in [1.165, 1.54) is 0 Å². The molecular weight excluding hydrogens is 438 g/mol. The predicted octanol–water partition coefficient (Wildman–Crippen LogP) is 5.43. The van der Waals surface area contributed by atoms with Gasteiger partial charge >= 0.3 is 0 Å². The summed E-state index contributed by atoms with van der Waals surface area (Å²) in [4.78, 5) is 0. The molecule has 1 fully saturated rings. The van der Waals surface area contributed by atoms with Crippen LogP contribution in [0.25, 0.3) is 0 Å². The van der Waals surface area contributed by atoms with E-state index in [0.29, 0.717) is 25.8 Å².